The van der Waals surface area contributed by atoms with Crippen LogP contribution in [0.1, 0.15) is 44.2 Å². The summed E-state index contributed by atoms with van der Waals surface area (Å²) in [5, 5.41) is 14.8. The lowest BCUT2D eigenvalue weighted by Crippen LogP contribution is -2.44. The zero-order valence-corrected chi connectivity index (χ0v) is 14.1. The van der Waals surface area contributed by atoms with Crippen LogP contribution in [0.2, 0.25) is 0 Å². The molecular formula is C16H21BrN2O3. The molecule has 0 saturated heterocycles. The molecule has 22 heavy (non-hydrogen) atoms. The van der Waals surface area contributed by atoms with Crippen LogP contribution in [0.4, 0.5) is 4.79 Å². The number of hydrogen-bond donors (Lipinski definition) is 3. The zero-order chi connectivity index (χ0) is 16.1. The maximum atomic E-state index is 12.0. The lowest BCUT2D eigenvalue weighted by atomic mass is 9.86. The van der Waals surface area contributed by atoms with Gasteiger partial charge in [-0.2, -0.15) is 0 Å². The molecule has 2 amide bonds. The number of hydrogen-bond acceptors (Lipinski definition) is 2. The van der Waals surface area contributed by atoms with Gasteiger partial charge in [0, 0.05) is 10.5 Å². The number of amides is 2. The van der Waals surface area contributed by atoms with Crippen LogP contribution in [0.3, 0.4) is 0 Å². The molecule has 0 bridgehead atoms. The second-order valence-electron chi connectivity index (χ2n) is 5.78. The summed E-state index contributed by atoms with van der Waals surface area (Å²) in [5.41, 5.74) is 1.04. The molecule has 0 heterocycles. The Hall–Kier alpha value is -1.56. The van der Waals surface area contributed by atoms with Gasteiger partial charge >= 0.3 is 12.0 Å². The highest BCUT2D eigenvalue weighted by Crippen LogP contribution is 2.24. The topological polar surface area (TPSA) is 78.4 Å². The minimum atomic E-state index is -0.730. The minimum absolute atomic E-state index is 0.0627. The molecule has 0 spiro atoms. The predicted molar refractivity (Wildman–Crippen MR) is 87.6 cm³/mol. The largest absolute Gasteiger partial charge is 0.481 e. The van der Waals surface area contributed by atoms with Gasteiger partial charge in [0.2, 0.25) is 0 Å². The van der Waals surface area contributed by atoms with Crippen LogP contribution >= 0.6 is 15.9 Å². The summed E-state index contributed by atoms with van der Waals surface area (Å²) < 4.78 is 1.00. The maximum Gasteiger partial charge on any atom is 0.315 e. The SMILES string of the molecule is C[C@@H](NC(=O)NC1CCC(C(=O)O)CC1)c1ccc(Br)cc1. The lowest BCUT2D eigenvalue weighted by Gasteiger charge is -2.27. The summed E-state index contributed by atoms with van der Waals surface area (Å²) in [6.07, 6.45) is 2.69. The smallest absolute Gasteiger partial charge is 0.315 e. The van der Waals surface area contributed by atoms with Crippen LogP contribution < -0.4 is 10.6 Å². The number of carbonyl (C=O) groups excluding carboxylic acids is 1. The van der Waals surface area contributed by atoms with Gasteiger partial charge in [0.05, 0.1) is 12.0 Å². The monoisotopic (exact) mass is 368 g/mol. The molecule has 1 aliphatic carbocycles. The number of aliphatic carboxylic acids is 1. The second kappa shape index (κ2) is 7.63. The van der Waals surface area contributed by atoms with Crippen molar-refractivity contribution in [2.45, 2.75) is 44.7 Å². The molecule has 0 radical (unpaired) electrons. The molecule has 0 unspecified atom stereocenters. The predicted octanol–water partition coefficient (Wildman–Crippen LogP) is 3.45. The number of carbonyl (C=O) groups is 2. The Morgan fingerprint density at radius 3 is 2.32 bits per heavy atom. The fourth-order valence-electron chi connectivity index (χ4n) is 2.74. The summed E-state index contributed by atoms with van der Waals surface area (Å²) in [7, 11) is 0. The molecule has 1 saturated carbocycles. The highest BCUT2D eigenvalue weighted by atomic mass is 79.9. The normalized spacial score (nSPS) is 22.6. The van der Waals surface area contributed by atoms with Gasteiger partial charge in [0.1, 0.15) is 0 Å². The average Bonchev–Trinajstić information content (AvgIpc) is 2.48. The molecule has 1 aromatic carbocycles. The summed E-state index contributed by atoms with van der Waals surface area (Å²) in [6.45, 7) is 1.93. The summed E-state index contributed by atoms with van der Waals surface area (Å²) in [5.74, 6) is -0.991. The number of benzene rings is 1. The van der Waals surface area contributed by atoms with Gasteiger partial charge in [0.25, 0.3) is 0 Å². The van der Waals surface area contributed by atoms with E-state index in [1.807, 2.05) is 31.2 Å². The van der Waals surface area contributed by atoms with Crippen LogP contribution in [-0.2, 0) is 4.79 Å². The van der Waals surface area contributed by atoms with Crippen molar-refractivity contribution in [2.24, 2.45) is 5.92 Å². The highest BCUT2D eigenvalue weighted by Gasteiger charge is 2.26. The van der Waals surface area contributed by atoms with Crippen molar-refractivity contribution in [3.05, 3.63) is 34.3 Å². The fraction of sp³-hybridized carbons (Fsp3) is 0.500. The van der Waals surface area contributed by atoms with Crippen molar-refractivity contribution < 1.29 is 14.7 Å². The third-order valence-electron chi connectivity index (χ3n) is 4.13. The van der Waals surface area contributed by atoms with Crippen molar-refractivity contribution in [2.75, 3.05) is 0 Å². The molecule has 1 aliphatic rings. The van der Waals surface area contributed by atoms with Crippen LogP contribution in [0.25, 0.3) is 0 Å². The first-order valence-electron chi connectivity index (χ1n) is 7.51. The van der Waals surface area contributed by atoms with E-state index in [2.05, 4.69) is 26.6 Å². The summed E-state index contributed by atoms with van der Waals surface area (Å²) in [4.78, 5) is 22.9. The molecule has 5 nitrogen and oxygen atoms in total. The van der Waals surface area contributed by atoms with Crippen LogP contribution in [0.15, 0.2) is 28.7 Å². The Kier molecular flexibility index (Phi) is 5.83. The fourth-order valence-corrected chi connectivity index (χ4v) is 3.01. The third kappa shape index (κ3) is 4.73. The van der Waals surface area contributed by atoms with Gasteiger partial charge in [-0.3, -0.25) is 4.79 Å². The summed E-state index contributed by atoms with van der Waals surface area (Å²) in [6, 6.07) is 7.60. The van der Waals surface area contributed by atoms with Gasteiger partial charge in [-0.05, 0) is 50.3 Å². The van der Waals surface area contributed by atoms with Gasteiger partial charge in [-0.15, -0.1) is 0 Å². The average molecular weight is 369 g/mol. The number of rotatable bonds is 4. The van der Waals surface area contributed by atoms with E-state index in [0.717, 1.165) is 22.9 Å². The molecule has 120 valence electrons. The molecule has 1 aromatic rings. The number of halogens is 1. The maximum absolute atomic E-state index is 12.0. The number of carboxylic acids is 1. The van der Waals surface area contributed by atoms with E-state index in [1.54, 1.807) is 0 Å². The molecular weight excluding hydrogens is 348 g/mol. The standard InChI is InChI=1S/C16H21BrN2O3/c1-10(11-2-6-13(17)7-3-11)18-16(22)19-14-8-4-12(5-9-14)15(20)21/h2-3,6-7,10,12,14H,4-5,8-9H2,1H3,(H,20,21)(H2,18,19,22)/t10-,12?,14?/m1/s1. The zero-order valence-electron chi connectivity index (χ0n) is 12.5. The van der Waals surface area contributed by atoms with Gasteiger partial charge in [-0.25, -0.2) is 4.79 Å². The molecule has 0 aliphatic heterocycles. The van der Waals surface area contributed by atoms with E-state index in [-0.39, 0.29) is 24.0 Å². The van der Waals surface area contributed by atoms with Crippen molar-refractivity contribution in [3.63, 3.8) is 0 Å². The Morgan fingerprint density at radius 1 is 1.18 bits per heavy atom. The third-order valence-corrected chi connectivity index (χ3v) is 4.66. The van der Waals surface area contributed by atoms with Crippen molar-refractivity contribution in [1.82, 2.24) is 10.6 Å². The molecule has 3 N–H and O–H groups in total. The van der Waals surface area contributed by atoms with Crippen molar-refractivity contribution in [3.8, 4) is 0 Å². The Balaban J connectivity index is 1.78. The highest BCUT2D eigenvalue weighted by molar-refractivity contribution is 9.10. The van der Waals surface area contributed by atoms with Gasteiger partial charge < -0.3 is 15.7 Å². The number of carboxylic acid groups (broad SMARTS) is 1. The molecule has 0 aromatic heterocycles. The van der Waals surface area contributed by atoms with E-state index in [9.17, 15) is 9.59 Å². The quantitative estimate of drug-likeness (QED) is 0.761. The van der Waals surface area contributed by atoms with E-state index in [1.165, 1.54) is 0 Å². The van der Waals surface area contributed by atoms with Crippen LogP contribution in [0, 0.1) is 5.92 Å². The number of nitrogens with one attached hydrogen (secondary N) is 2. The van der Waals surface area contributed by atoms with E-state index >= 15 is 0 Å². The second-order valence-corrected chi connectivity index (χ2v) is 6.69. The first-order valence-corrected chi connectivity index (χ1v) is 8.30. The van der Waals surface area contributed by atoms with Crippen molar-refractivity contribution in [1.29, 1.82) is 0 Å². The summed E-state index contributed by atoms with van der Waals surface area (Å²) >= 11 is 3.38. The Bertz CT molecular complexity index is 525. The molecule has 1 fully saturated rings. The molecule has 6 heteroatoms. The lowest BCUT2D eigenvalue weighted by molar-refractivity contribution is -0.142. The van der Waals surface area contributed by atoms with E-state index in [0.29, 0.717) is 12.8 Å². The van der Waals surface area contributed by atoms with E-state index in [4.69, 9.17) is 5.11 Å². The Morgan fingerprint density at radius 2 is 1.77 bits per heavy atom. The number of urea groups is 1. The first kappa shape index (κ1) is 16.8. The molecule has 1 atom stereocenters. The minimum Gasteiger partial charge on any atom is -0.481 e. The van der Waals surface area contributed by atoms with Gasteiger partial charge in [0.15, 0.2) is 0 Å². The van der Waals surface area contributed by atoms with Crippen molar-refractivity contribution >= 4 is 27.9 Å². The Labute approximate surface area is 138 Å². The van der Waals surface area contributed by atoms with Crippen LogP contribution in [0.5, 0.6) is 0 Å². The van der Waals surface area contributed by atoms with Crippen LogP contribution in [-0.4, -0.2) is 23.1 Å². The molecule has 2 rings (SSSR count). The van der Waals surface area contributed by atoms with E-state index < -0.39 is 5.97 Å². The van der Waals surface area contributed by atoms with Gasteiger partial charge in [-0.1, -0.05) is 28.1 Å². The first-order chi connectivity index (χ1) is 10.5.